The first-order valence-corrected chi connectivity index (χ1v) is 5.26. The molecule has 0 radical (unpaired) electrons. The monoisotopic (exact) mass is 245 g/mol. The standard InChI is InChI=1S/C12H11N3O3/c1-15(7-10(16)17)12(18)11-8-3-2-5-13-9(8)4-6-14-11/h2-6H,7H2,1H3,(H,16,17). The molecule has 2 rings (SSSR count). The van der Waals surface area contributed by atoms with E-state index in [-0.39, 0.29) is 12.2 Å². The number of aromatic nitrogens is 2. The number of fused-ring (bicyclic) bond motifs is 1. The summed E-state index contributed by atoms with van der Waals surface area (Å²) in [6, 6.07) is 5.14. The van der Waals surface area contributed by atoms with E-state index in [4.69, 9.17) is 5.11 Å². The number of carboxylic acids is 1. The van der Waals surface area contributed by atoms with Gasteiger partial charge in [-0.25, -0.2) is 0 Å². The summed E-state index contributed by atoms with van der Waals surface area (Å²) in [5.74, 6) is -1.50. The lowest BCUT2D eigenvalue weighted by atomic mass is 10.2. The van der Waals surface area contributed by atoms with Crippen LogP contribution in [0.2, 0.25) is 0 Å². The van der Waals surface area contributed by atoms with Gasteiger partial charge in [0.1, 0.15) is 12.2 Å². The number of aliphatic carboxylic acids is 1. The summed E-state index contributed by atoms with van der Waals surface area (Å²) in [7, 11) is 1.42. The van der Waals surface area contributed by atoms with Crippen LogP contribution in [-0.4, -0.2) is 45.4 Å². The average Bonchev–Trinajstić information content (AvgIpc) is 2.36. The third-order valence-electron chi connectivity index (χ3n) is 2.45. The predicted molar refractivity (Wildman–Crippen MR) is 64.1 cm³/mol. The number of likely N-dealkylation sites (N-methyl/N-ethyl adjacent to an activating group) is 1. The van der Waals surface area contributed by atoms with Gasteiger partial charge in [-0.1, -0.05) is 0 Å². The molecule has 0 aromatic carbocycles. The van der Waals surface area contributed by atoms with Gasteiger partial charge in [-0.15, -0.1) is 0 Å². The summed E-state index contributed by atoms with van der Waals surface area (Å²) in [6.45, 7) is -0.364. The van der Waals surface area contributed by atoms with Gasteiger partial charge in [-0.3, -0.25) is 19.6 Å². The van der Waals surface area contributed by atoms with Crippen LogP contribution in [0.25, 0.3) is 10.9 Å². The molecule has 2 aromatic heterocycles. The smallest absolute Gasteiger partial charge is 0.323 e. The highest BCUT2D eigenvalue weighted by molar-refractivity contribution is 6.04. The Hall–Kier alpha value is -2.50. The fraction of sp³-hybridized carbons (Fsp3) is 0.167. The van der Waals surface area contributed by atoms with Crippen molar-refractivity contribution in [2.45, 2.75) is 0 Å². The van der Waals surface area contributed by atoms with Crippen molar-refractivity contribution < 1.29 is 14.7 Å². The largest absolute Gasteiger partial charge is 0.480 e. The molecule has 2 heterocycles. The number of hydrogen-bond donors (Lipinski definition) is 1. The summed E-state index contributed by atoms with van der Waals surface area (Å²) < 4.78 is 0. The van der Waals surface area contributed by atoms with E-state index in [0.29, 0.717) is 10.9 Å². The van der Waals surface area contributed by atoms with Crippen molar-refractivity contribution in [1.82, 2.24) is 14.9 Å². The van der Waals surface area contributed by atoms with E-state index in [0.717, 1.165) is 4.90 Å². The Morgan fingerprint density at radius 1 is 1.28 bits per heavy atom. The molecule has 6 nitrogen and oxygen atoms in total. The van der Waals surface area contributed by atoms with Crippen molar-refractivity contribution in [3.8, 4) is 0 Å². The highest BCUT2D eigenvalue weighted by Gasteiger charge is 2.18. The van der Waals surface area contributed by atoms with Crippen LogP contribution in [-0.2, 0) is 4.79 Å². The number of carbonyl (C=O) groups excluding carboxylic acids is 1. The first-order chi connectivity index (χ1) is 8.59. The molecule has 0 aliphatic rings. The first kappa shape index (κ1) is 12.0. The van der Waals surface area contributed by atoms with Gasteiger partial charge in [-0.2, -0.15) is 0 Å². The van der Waals surface area contributed by atoms with Gasteiger partial charge >= 0.3 is 5.97 Å². The van der Waals surface area contributed by atoms with Crippen molar-refractivity contribution in [2.24, 2.45) is 0 Å². The highest BCUT2D eigenvalue weighted by atomic mass is 16.4. The third kappa shape index (κ3) is 2.27. The van der Waals surface area contributed by atoms with Crippen molar-refractivity contribution in [1.29, 1.82) is 0 Å². The lowest BCUT2D eigenvalue weighted by molar-refractivity contribution is -0.137. The number of rotatable bonds is 3. The van der Waals surface area contributed by atoms with E-state index >= 15 is 0 Å². The molecule has 0 saturated heterocycles. The van der Waals surface area contributed by atoms with Crippen LogP contribution in [0.4, 0.5) is 0 Å². The van der Waals surface area contributed by atoms with Gasteiger partial charge in [0, 0.05) is 24.8 Å². The van der Waals surface area contributed by atoms with Crippen LogP contribution in [0.1, 0.15) is 10.5 Å². The molecule has 1 amide bonds. The quantitative estimate of drug-likeness (QED) is 0.864. The van der Waals surface area contributed by atoms with Crippen molar-refractivity contribution in [2.75, 3.05) is 13.6 Å². The molecule has 0 atom stereocenters. The molecule has 6 heteroatoms. The predicted octanol–water partition coefficient (Wildman–Crippen LogP) is 0.786. The zero-order valence-corrected chi connectivity index (χ0v) is 9.70. The second-order valence-corrected chi connectivity index (χ2v) is 3.78. The molecule has 0 aliphatic heterocycles. The third-order valence-corrected chi connectivity index (χ3v) is 2.45. The van der Waals surface area contributed by atoms with E-state index in [1.165, 1.54) is 13.2 Å². The normalized spacial score (nSPS) is 10.3. The summed E-state index contributed by atoms with van der Waals surface area (Å²) in [6.07, 6.45) is 3.11. The Morgan fingerprint density at radius 2 is 2.06 bits per heavy atom. The molecule has 0 bridgehead atoms. The van der Waals surface area contributed by atoms with Gasteiger partial charge in [0.15, 0.2) is 0 Å². The van der Waals surface area contributed by atoms with E-state index in [1.807, 2.05) is 0 Å². The minimum Gasteiger partial charge on any atom is -0.480 e. The second kappa shape index (κ2) is 4.79. The fourth-order valence-corrected chi connectivity index (χ4v) is 1.63. The molecule has 1 N–H and O–H groups in total. The van der Waals surface area contributed by atoms with Gasteiger partial charge in [0.2, 0.25) is 0 Å². The lowest BCUT2D eigenvalue weighted by Gasteiger charge is -2.14. The van der Waals surface area contributed by atoms with E-state index in [1.54, 1.807) is 24.4 Å². The minimum atomic E-state index is -1.07. The number of carbonyl (C=O) groups is 2. The maximum Gasteiger partial charge on any atom is 0.323 e. The maximum atomic E-state index is 12.1. The zero-order chi connectivity index (χ0) is 13.1. The van der Waals surface area contributed by atoms with Gasteiger partial charge in [0.05, 0.1) is 5.52 Å². The molecule has 0 aliphatic carbocycles. The van der Waals surface area contributed by atoms with E-state index in [2.05, 4.69) is 9.97 Å². The maximum absolute atomic E-state index is 12.1. The van der Waals surface area contributed by atoms with Crippen LogP contribution in [0.3, 0.4) is 0 Å². The second-order valence-electron chi connectivity index (χ2n) is 3.78. The molecule has 0 spiro atoms. The Morgan fingerprint density at radius 3 is 2.78 bits per heavy atom. The number of nitrogens with zero attached hydrogens (tertiary/aromatic N) is 3. The lowest BCUT2D eigenvalue weighted by Crippen LogP contribution is -2.32. The molecule has 0 fully saturated rings. The summed E-state index contributed by atoms with van der Waals surface area (Å²) >= 11 is 0. The van der Waals surface area contributed by atoms with Gasteiger partial charge < -0.3 is 10.0 Å². The molecule has 0 unspecified atom stereocenters. The molecular weight excluding hydrogens is 234 g/mol. The number of hydrogen-bond acceptors (Lipinski definition) is 4. The minimum absolute atomic E-state index is 0.212. The van der Waals surface area contributed by atoms with Crippen LogP contribution in [0.15, 0.2) is 30.6 Å². The van der Waals surface area contributed by atoms with E-state index in [9.17, 15) is 9.59 Å². The number of amides is 1. The van der Waals surface area contributed by atoms with Crippen LogP contribution in [0, 0.1) is 0 Å². The molecular formula is C12H11N3O3. The molecule has 92 valence electrons. The fourth-order valence-electron chi connectivity index (χ4n) is 1.63. The Labute approximate surface area is 103 Å². The van der Waals surface area contributed by atoms with Gasteiger partial charge in [-0.05, 0) is 18.2 Å². The van der Waals surface area contributed by atoms with Crippen molar-refractivity contribution >= 4 is 22.8 Å². The summed E-state index contributed by atoms with van der Waals surface area (Å²) in [5.41, 5.74) is 0.865. The zero-order valence-electron chi connectivity index (χ0n) is 9.70. The van der Waals surface area contributed by atoms with Gasteiger partial charge in [0.25, 0.3) is 5.91 Å². The van der Waals surface area contributed by atoms with E-state index < -0.39 is 11.9 Å². The Kier molecular flexibility index (Phi) is 3.18. The first-order valence-electron chi connectivity index (χ1n) is 5.26. The van der Waals surface area contributed by atoms with Crippen molar-refractivity contribution in [3.05, 3.63) is 36.3 Å². The highest BCUT2D eigenvalue weighted by Crippen LogP contribution is 2.15. The molecule has 18 heavy (non-hydrogen) atoms. The summed E-state index contributed by atoms with van der Waals surface area (Å²) in [4.78, 5) is 31.9. The summed E-state index contributed by atoms with van der Waals surface area (Å²) in [5, 5.41) is 9.28. The van der Waals surface area contributed by atoms with Crippen LogP contribution < -0.4 is 0 Å². The van der Waals surface area contributed by atoms with Crippen LogP contribution >= 0.6 is 0 Å². The van der Waals surface area contributed by atoms with Crippen molar-refractivity contribution in [3.63, 3.8) is 0 Å². The molecule has 0 saturated carbocycles. The number of pyridine rings is 2. The Balaban J connectivity index is 2.42. The SMILES string of the molecule is CN(CC(=O)O)C(=O)c1nccc2ncccc12. The molecule has 2 aromatic rings. The number of carboxylic acid groups (broad SMARTS) is 1. The topological polar surface area (TPSA) is 83.4 Å². The average molecular weight is 245 g/mol. The Bertz CT molecular complexity index is 607. The van der Waals surface area contributed by atoms with Crippen LogP contribution in [0.5, 0.6) is 0 Å².